The molecule has 0 spiro atoms. The molecule has 0 aliphatic rings. The van der Waals surface area contributed by atoms with Crippen LogP contribution in [0.4, 0.5) is 5.69 Å². The summed E-state index contributed by atoms with van der Waals surface area (Å²) in [7, 11) is 0. The van der Waals surface area contributed by atoms with Gasteiger partial charge in [0.15, 0.2) is 0 Å². The summed E-state index contributed by atoms with van der Waals surface area (Å²) < 4.78 is 0. The van der Waals surface area contributed by atoms with Crippen LogP contribution >= 0.6 is 58.8 Å². The molecule has 3 aromatic carbocycles. The Balaban J connectivity index is 0.00000250. The standard InChI is InChI=1S/C33H31N9S3.2ClH/c34-32(37-18-23-8-5-15-44-23)41-39-20-28-25-10-1-2-11-26(25)29(21-40-42-33(35)38-19-24-9-6-16-45-24)31-27(28)12-3-13-30(31)36-17-22-7-4-14-43-22;;/h1-16,20-21,36H,17-19H2,(H3,34,37,41)(H3,35,38,42);2*1H. The molecule has 0 aliphatic heterocycles. The Morgan fingerprint density at radius 1 is 0.596 bits per heavy atom. The molecule has 0 saturated carbocycles. The van der Waals surface area contributed by atoms with E-state index >= 15 is 0 Å². The van der Waals surface area contributed by atoms with E-state index in [0.29, 0.717) is 19.6 Å². The molecule has 0 unspecified atom stereocenters. The van der Waals surface area contributed by atoms with E-state index in [1.807, 2.05) is 59.4 Å². The third-order valence-electron chi connectivity index (χ3n) is 6.88. The molecule has 9 nitrogen and oxygen atoms in total. The van der Waals surface area contributed by atoms with Crippen molar-refractivity contribution < 1.29 is 0 Å². The first-order valence-electron chi connectivity index (χ1n) is 14.1. The largest absolute Gasteiger partial charge is 0.380 e. The van der Waals surface area contributed by atoms with Crippen molar-refractivity contribution in [3.63, 3.8) is 0 Å². The maximum atomic E-state index is 6.14. The van der Waals surface area contributed by atoms with Crippen LogP contribution in [0.1, 0.15) is 25.8 Å². The molecule has 0 radical (unpaired) electrons. The Hall–Kier alpha value is -4.46. The van der Waals surface area contributed by atoms with Gasteiger partial charge in [-0.1, -0.05) is 54.6 Å². The second-order valence-electron chi connectivity index (χ2n) is 9.84. The summed E-state index contributed by atoms with van der Waals surface area (Å²) in [6, 6.07) is 26.7. The van der Waals surface area contributed by atoms with E-state index in [1.165, 1.54) is 4.88 Å². The van der Waals surface area contributed by atoms with Crippen molar-refractivity contribution >= 4 is 110 Å². The highest BCUT2D eigenvalue weighted by Crippen LogP contribution is 2.36. The lowest BCUT2D eigenvalue weighted by Gasteiger charge is -2.17. The second kappa shape index (κ2) is 17.5. The number of nitrogens with one attached hydrogen (secondary N) is 3. The molecule has 3 aromatic heterocycles. The number of hydrogen-bond acceptors (Lipinski definition) is 8. The molecule has 0 fully saturated rings. The van der Waals surface area contributed by atoms with Gasteiger partial charge in [-0.3, -0.25) is 0 Å². The van der Waals surface area contributed by atoms with Gasteiger partial charge in [-0.25, -0.2) is 20.8 Å². The molecular formula is C33H33Cl2N9S3. The summed E-state index contributed by atoms with van der Waals surface area (Å²) in [4.78, 5) is 12.3. The van der Waals surface area contributed by atoms with Crippen LogP contribution in [0.3, 0.4) is 0 Å². The normalized spacial score (nSPS) is 12.0. The highest BCUT2D eigenvalue weighted by atomic mass is 35.5. The van der Waals surface area contributed by atoms with Crippen LogP contribution < -0.4 is 27.6 Å². The third-order valence-corrected chi connectivity index (χ3v) is 9.48. The Bertz CT molecular complexity index is 1990. The van der Waals surface area contributed by atoms with Crippen LogP contribution in [0.5, 0.6) is 0 Å². The molecule has 0 bridgehead atoms. The third kappa shape index (κ3) is 9.09. The number of rotatable bonds is 11. The molecule has 6 rings (SSSR count). The van der Waals surface area contributed by atoms with Crippen molar-refractivity contribution in [1.82, 2.24) is 10.9 Å². The summed E-state index contributed by atoms with van der Waals surface area (Å²) in [6.45, 7) is 1.70. The molecule has 7 N–H and O–H groups in total. The van der Waals surface area contributed by atoms with Crippen molar-refractivity contribution in [2.24, 2.45) is 31.7 Å². The topological polar surface area (TPSA) is 138 Å². The number of thiophene rings is 3. The Kier molecular flexibility index (Phi) is 13.1. The summed E-state index contributed by atoms with van der Waals surface area (Å²) in [5, 5.41) is 22.8. The number of halogens is 2. The number of aliphatic imine (C=N–C) groups is 2. The van der Waals surface area contributed by atoms with Crippen molar-refractivity contribution in [2.45, 2.75) is 19.6 Å². The average Bonchev–Trinajstić information content (AvgIpc) is 3.87. The molecule has 242 valence electrons. The van der Waals surface area contributed by atoms with Crippen LogP contribution in [0.2, 0.25) is 0 Å². The SMILES string of the molecule is Cl.Cl.NC(=NCc1cccs1)NN=Cc1c2ccccc2c(C=NNC(N)=NCc2cccs2)c2c(NCc3cccs3)cccc12. The van der Waals surface area contributed by atoms with Gasteiger partial charge in [0.1, 0.15) is 0 Å². The number of nitrogens with two attached hydrogens (primary N) is 2. The van der Waals surface area contributed by atoms with Gasteiger partial charge in [-0.2, -0.15) is 10.2 Å². The van der Waals surface area contributed by atoms with Crippen LogP contribution in [0.15, 0.2) is 115 Å². The molecule has 47 heavy (non-hydrogen) atoms. The molecule has 0 amide bonds. The zero-order chi connectivity index (χ0) is 30.8. The van der Waals surface area contributed by atoms with Crippen molar-refractivity contribution in [3.05, 3.63) is 121 Å². The van der Waals surface area contributed by atoms with E-state index in [1.54, 1.807) is 40.2 Å². The first kappa shape index (κ1) is 35.4. The van der Waals surface area contributed by atoms with Gasteiger partial charge < -0.3 is 16.8 Å². The molecule has 0 saturated heterocycles. The predicted octanol–water partition coefficient (Wildman–Crippen LogP) is 7.51. The Morgan fingerprint density at radius 3 is 1.66 bits per heavy atom. The minimum absolute atomic E-state index is 0. The number of nitrogens with zero attached hydrogens (tertiary/aromatic N) is 4. The molecule has 0 aliphatic carbocycles. The second-order valence-corrected chi connectivity index (χ2v) is 12.9. The fourth-order valence-corrected chi connectivity index (χ4v) is 6.74. The van der Waals surface area contributed by atoms with E-state index < -0.39 is 0 Å². The summed E-state index contributed by atoms with van der Waals surface area (Å²) in [5.41, 5.74) is 20.9. The summed E-state index contributed by atoms with van der Waals surface area (Å²) >= 11 is 5.00. The summed E-state index contributed by atoms with van der Waals surface area (Å²) in [6.07, 6.45) is 3.61. The van der Waals surface area contributed by atoms with Crippen molar-refractivity contribution in [1.29, 1.82) is 0 Å². The quantitative estimate of drug-likeness (QED) is 0.0408. The lowest BCUT2D eigenvalue weighted by Crippen LogP contribution is -2.27. The highest BCUT2D eigenvalue weighted by molar-refractivity contribution is 7.10. The maximum absolute atomic E-state index is 6.14. The van der Waals surface area contributed by atoms with Gasteiger partial charge in [0.05, 0.1) is 25.5 Å². The zero-order valence-corrected chi connectivity index (χ0v) is 29.1. The van der Waals surface area contributed by atoms with Gasteiger partial charge in [-0.05, 0) is 56.6 Å². The fourth-order valence-electron chi connectivity index (χ4n) is 4.84. The highest BCUT2D eigenvalue weighted by Gasteiger charge is 2.15. The number of guanidine groups is 2. The number of anilines is 1. The maximum Gasteiger partial charge on any atom is 0.209 e. The molecular weight excluding hydrogens is 690 g/mol. The van der Waals surface area contributed by atoms with E-state index in [9.17, 15) is 0 Å². The van der Waals surface area contributed by atoms with Crippen LogP contribution in [0.25, 0.3) is 21.5 Å². The minimum Gasteiger partial charge on any atom is -0.380 e. The molecule has 14 heteroatoms. The van der Waals surface area contributed by atoms with E-state index in [2.05, 4.69) is 78.1 Å². The minimum atomic E-state index is 0. The van der Waals surface area contributed by atoms with Gasteiger partial charge in [0.25, 0.3) is 0 Å². The average molecular weight is 723 g/mol. The smallest absolute Gasteiger partial charge is 0.209 e. The first-order valence-corrected chi connectivity index (χ1v) is 16.8. The Labute approximate surface area is 297 Å². The Morgan fingerprint density at radius 2 is 1.11 bits per heavy atom. The summed E-state index contributed by atoms with van der Waals surface area (Å²) in [5.74, 6) is 0.497. The van der Waals surface area contributed by atoms with Gasteiger partial charge >= 0.3 is 0 Å². The fraction of sp³-hybridized carbons (Fsp3) is 0.0909. The van der Waals surface area contributed by atoms with Gasteiger partial charge in [0.2, 0.25) is 11.9 Å². The number of fused-ring (bicyclic) bond motifs is 2. The van der Waals surface area contributed by atoms with E-state index in [4.69, 9.17) is 11.5 Å². The van der Waals surface area contributed by atoms with Crippen molar-refractivity contribution in [3.8, 4) is 0 Å². The van der Waals surface area contributed by atoms with Crippen LogP contribution in [-0.4, -0.2) is 24.3 Å². The van der Waals surface area contributed by atoms with Crippen molar-refractivity contribution in [2.75, 3.05) is 5.32 Å². The zero-order valence-electron chi connectivity index (χ0n) is 25.0. The van der Waals surface area contributed by atoms with E-state index in [0.717, 1.165) is 48.1 Å². The predicted molar refractivity (Wildman–Crippen MR) is 208 cm³/mol. The lowest BCUT2D eigenvalue weighted by molar-refractivity contribution is 0.971. The van der Waals surface area contributed by atoms with Crippen LogP contribution in [-0.2, 0) is 19.6 Å². The van der Waals surface area contributed by atoms with Crippen LogP contribution in [0, 0.1) is 0 Å². The number of hydrazone groups is 2. The lowest BCUT2D eigenvalue weighted by atomic mass is 9.91. The number of benzene rings is 3. The first-order chi connectivity index (χ1) is 22.2. The van der Waals surface area contributed by atoms with Gasteiger partial charge in [-0.15, -0.1) is 58.8 Å². The molecule has 6 aromatic rings. The monoisotopic (exact) mass is 721 g/mol. The van der Waals surface area contributed by atoms with Gasteiger partial charge in [0, 0.05) is 43.4 Å². The molecule has 0 atom stereocenters. The number of hydrogen-bond donors (Lipinski definition) is 5. The van der Waals surface area contributed by atoms with E-state index in [-0.39, 0.29) is 36.7 Å². The molecule has 3 heterocycles.